The molecule has 0 saturated carbocycles. The van der Waals surface area contributed by atoms with E-state index in [1.54, 1.807) is 11.3 Å². The summed E-state index contributed by atoms with van der Waals surface area (Å²) < 4.78 is 0. The van der Waals surface area contributed by atoms with Crippen molar-refractivity contribution in [2.75, 3.05) is 6.54 Å². The minimum absolute atomic E-state index is 0.0119. The van der Waals surface area contributed by atoms with Gasteiger partial charge in [-0.25, -0.2) is 0 Å². The van der Waals surface area contributed by atoms with Crippen molar-refractivity contribution in [3.05, 3.63) is 22.4 Å². The highest BCUT2D eigenvalue weighted by Crippen LogP contribution is 2.27. The number of hydrogen-bond donors (Lipinski definition) is 1. The third-order valence-electron chi connectivity index (χ3n) is 4.19. The Morgan fingerprint density at radius 2 is 2.19 bits per heavy atom. The second kappa shape index (κ2) is 6.28. The van der Waals surface area contributed by atoms with Crippen LogP contribution in [0.2, 0.25) is 0 Å². The maximum absolute atomic E-state index is 12.4. The molecule has 2 atom stereocenters. The largest absolute Gasteiger partial charge is 0.305 e. The Labute approximate surface area is 130 Å². The Hall–Kier alpha value is -1.20. The number of nitrogens with one attached hydrogen (secondary N) is 1. The van der Waals surface area contributed by atoms with E-state index in [0.29, 0.717) is 6.54 Å². The molecule has 0 spiro atoms. The second-order valence-corrected chi connectivity index (χ2v) is 7.31. The van der Waals surface area contributed by atoms with Gasteiger partial charge < -0.3 is 5.32 Å². The first-order chi connectivity index (χ1) is 9.86. The molecule has 0 aromatic carbocycles. The molecule has 1 aliphatic rings. The normalized spacial score (nSPS) is 21.1. The molecular weight excluding hydrogens is 284 g/mol. The van der Waals surface area contributed by atoms with Crippen molar-refractivity contribution in [3.63, 3.8) is 0 Å². The molecule has 1 aromatic heterocycles. The summed E-state index contributed by atoms with van der Waals surface area (Å²) in [5.74, 6) is -0.128. The van der Waals surface area contributed by atoms with Crippen LogP contribution in [-0.2, 0) is 15.0 Å². The van der Waals surface area contributed by atoms with Gasteiger partial charge >= 0.3 is 0 Å². The van der Waals surface area contributed by atoms with Crippen molar-refractivity contribution in [3.8, 4) is 0 Å². The zero-order chi connectivity index (χ0) is 15.6. The van der Waals surface area contributed by atoms with E-state index in [0.717, 1.165) is 6.42 Å². The minimum Gasteiger partial charge on any atom is -0.305 e. The third-order valence-corrected chi connectivity index (χ3v) is 5.43. The summed E-state index contributed by atoms with van der Waals surface area (Å²) in [5.41, 5.74) is -0.0404. The van der Waals surface area contributed by atoms with E-state index < -0.39 is 0 Å². The predicted octanol–water partition coefficient (Wildman–Crippen LogP) is 2.54. The SMILES string of the molecule is CCC(C)N1C(=O)CC(NCC(C)(C)c2cccs2)C1=O. The van der Waals surface area contributed by atoms with Gasteiger partial charge in [0.1, 0.15) is 0 Å². The van der Waals surface area contributed by atoms with Crippen molar-refractivity contribution in [2.45, 2.75) is 58.0 Å². The highest BCUT2D eigenvalue weighted by molar-refractivity contribution is 7.10. The Morgan fingerprint density at radius 1 is 1.48 bits per heavy atom. The van der Waals surface area contributed by atoms with Crippen LogP contribution in [0.3, 0.4) is 0 Å². The van der Waals surface area contributed by atoms with E-state index in [1.807, 2.05) is 19.9 Å². The summed E-state index contributed by atoms with van der Waals surface area (Å²) in [6.07, 6.45) is 1.08. The molecule has 116 valence electrons. The molecule has 2 amide bonds. The summed E-state index contributed by atoms with van der Waals surface area (Å²) in [5, 5.41) is 5.36. The number of carbonyl (C=O) groups is 2. The van der Waals surface area contributed by atoms with Gasteiger partial charge in [0.15, 0.2) is 0 Å². The Morgan fingerprint density at radius 3 is 2.76 bits per heavy atom. The number of likely N-dealkylation sites (tertiary alicyclic amines) is 1. The number of amides is 2. The summed E-state index contributed by atoms with van der Waals surface area (Å²) in [6.45, 7) is 8.91. The number of thiophene rings is 1. The standard InChI is InChI=1S/C16H24N2O2S/c1-5-11(2)18-14(19)9-12(15(18)20)17-10-16(3,4)13-7-6-8-21-13/h6-8,11-12,17H,5,9-10H2,1-4H3. The lowest BCUT2D eigenvalue weighted by atomic mass is 9.91. The third kappa shape index (κ3) is 3.35. The monoisotopic (exact) mass is 308 g/mol. The summed E-state index contributed by atoms with van der Waals surface area (Å²) in [6, 6.07) is 3.77. The van der Waals surface area contributed by atoms with Crippen LogP contribution in [0, 0.1) is 0 Å². The molecule has 5 heteroatoms. The summed E-state index contributed by atoms with van der Waals surface area (Å²) >= 11 is 1.72. The molecule has 2 unspecified atom stereocenters. The molecule has 4 nitrogen and oxygen atoms in total. The fourth-order valence-electron chi connectivity index (χ4n) is 2.59. The van der Waals surface area contributed by atoms with E-state index in [2.05, 4.69) is 30.6 Å². The molecule has 1 aliphatic heterocycles. The molecule has 0 bridgehead atoms. The van der Waals surface area contributed by atoms with E-state index >= 15 is 0 Å². The van der Waals surface area contributed by atoms with Crippen LogP contribution in [0.5, 0.6) is 0 Å². The Balaban J connectivity index is 1.99. The van der Waals surface area contributed by atoms with Gasteiger partial charge in [0.05, 0.1) is 12.5 Å². The molecule has 2 heterocycles. The molecule has 1 N–H and O–H groups in total. The van der Waals surface area contributed by atoms with Gasteiger partial charge in [0.2, 0.25) is 11.8 Å². The van der Waals surface area contributed by atoms with Crippen LogP contribution in [0.1, 0.15) is 45.4 Å². The van der Waals surface area contributed by atoms with Gasteiger partial charge in [0.25, 0.3) is 0 Å². The first-order valence-electron chi connectivity index (χ1n) is 7.50. The highest BCUT2D eigenvalue weighted by Gasteiger charge is 2.41. The lowest BCUT2D eigenvalue weighted by Gasteiger charge is -2.26. The number of imide groups is 1. The summed E-state index contributed by atoms with van der Waals surface area (Å²) in [4.78, 5) is 27.1. The van der Waals surface area contributed by atoms with Crippen molar-refractivity contribution < 1.29 is 9.59 Å². The highest BCUT2D eigenvalue weighted by atomic mass is 32.1. The maximum Gasteiger partial charge on any atom is 0.247 e. The van der Waals surface area contributed by atoms with Gasteiger partial charge in [-0.1, -0.05) is 26.8 Å². The average molecular weight is 308 g/mol. The van der Waals surface area contributed by atoms with Crippen LogP contribution < -0.4 is 5.32 Å². The average Bonchev–Trinajstić information content (AvgIpc) is 3.05. The smallest absolute Gasteiger partial charge is 0.247 e. The topological polar surface area (TPSA) is 49.4 Å². The van der Waals surface area contributed by atoms with Crippen LogP contribution in [0.25, 0.3) is 0 Å². The number of rotatable bonds is 6. The van der Waals surface area contributed by atoms with Gasteiger partial charge in [-0.3, -0.25) is 14.5 Å². The molecule has 0 aliphatic carbocycles. The molecule has 0 radical (unpaired) electrons. The lowest BCUT2D eigenvalue weighted by molar-refractivity contribution is -0.141. The molecule has 2 rings (SSSR count). The summed E-state index contributed by atoms with van der Waals surface area (Å²) in [7, 11) is 0. The predicted molar refractivity (Wildman–Crippen MR) is 85.4 cm³/mol. The molecule has 1 aromatic rings. The quantitative estimate of drug-likeness (QED) is 0.822. The number of hydrogen-bond acceptors (Lipinski definition) is 4. The van der Waals surface area contributed by atoms with Crippen LogP contribution in [0.4, 0.5) is 0 Å². The van der Waals surface area contributed by atoms with Gasteiger partial charge in [-0.05, 0) is 24.8 Å². The molecule has 1 fully saturated rings. The molecule has 21 heavy (non-hydrogen) atoms. The fourth-order valence-corrected chi connectivity index (χ4v) is 3.44. The lowest BCUT2D eigenvalue weighted by Crippen LogP contribution is -2.45. The maximum atomic E-state index is 12.4. The van der Waals surface area contributed by atoms with Gasteiger partial charge in [-0.15, -0.1) is 11.3 Å². The van der Waals surface area contributed by atoms with E-state index in [9.17, 15) is 9.59 Å². The van der Waals surface area contributed by atoms with Crippen LogP contribution in [0.15, 0.2) is 17.5 Å². The molecule has 1 saturated heterocycles. The van der Waals surface area contributed by atoms with Gasteiger partial charge in [0, 0.05) is 22.9 Å². The molecular formula is C16H24N2O2S. The van der Waals surface area contributed by atoms with Gasteiger partial charge in [-0.2, -0.15) is 0 Å². The number of carbonyl (C=O) groups excluding carboxylic acids is 2. The van der Waals surface area contributed by atoms with Crippen molar-refractivity contribution in [2.24, 2.45) is 0 Å². The second-order valence-electron chi connectivity index (χ2n) is 6.36. The fraction of sp³-hybridized carbons (Fsp3) is 0.625. The van der Waals surface area contributed by atoms with Crippen molar-refractivity contribution in [1.82, 2.24) is 10.2 Å². The minimum atomic E-state index is -0.370. The first kappa shape index (κ1) is 16.2. The Bertz CT molecular complexity index is 510. The number of nitrogens with zero attached hydrogens (tertiary/aromatic N) is 1. The van der Waals surface area contributed by atoms with Crippen molar-refractivity contribution >= 4 is 23.2 Å². The first-order valence-corrected chi connectivity index (χ1v) is 8.38. The van der Waals surface area contributed by atoms with Crippen molar-refractivity contribution in [1.29, 1.82) is 0 Å². The van der Waals surface area contributed by atoms with Crippen LogP contribution >= 0.6 is 11.3 Å². The van der Waals surface area contributed by atoms with Crippen LogP contribution in [-0.4, -0.2) is 35.3 Å². The van der Waals surface area contributed by atoms with E-state index in [1.165, 1.54) is 9.78 Å². The van der Waals surface area contributed by atoms with E-state index in [-0.39, 0.29) is 35.7 Å². The zero-order valence-electron chi connectivity index (χ0n) is 13.2. The zero-order valence-corrected chi connectivity index (χ0v) is 14.0. The van der Waals surface area contributed by atoms with E-state index in [4.69, 9.17) is 0 Å². The Kier molecular flexibility index (Phi) is 4.84.